The van der Waals surface area contributed by atoms with E-state index in [9.17, 15) is 14.8 Å². The van der Waals surface area contributed by atoms with Crippen LogP contribution in [0.2, 0.25) is 0 Å². The van der Waals surface area contributed by atoms with Crippen molar-refractivity contribution in [1.82, 2.24) is 0 Å². The molecule has 0 aromatic heterocycles. The average Bonchev–Trinajstić information content (AvgIpc) is 2.72. The number of hydrogen-bond acceptors (Lipinski definition) is 5. The first-order valence-electron chi connectivity index (χ1n) is 5.84. The molecule has 1 aromatic rings. The van der Waals surface area contributed by atoms with Gasteiger partial charge in [-0.05, 0) is 17.0 Å². The lowest BCUT2D eigenvalue weighted by Gasteiger charge is -2.26. The number of hydrogen-bond donors (Lipinski definition) is 3. The molecular formula is C12H15BO6. The van der Waals surface area contributed by atoms with Crippen LogP contribution in [-0.2, 0) is 10.2 Å². The fraction of sp³-hybridized carbons (Fsp3) is 0.417. The van der Waals surface area contributed by atoms with Gasteiger partial charge in [0.05, 0.1) is 6.42 Å². The van der Waals surface area contributed by atoms with Crippen LogP contribution in [0.25, 0.3) is 0 Å². The zero-order valence-electron chi connectivity index (χ0n) is 10.7. The van der Waals surface area contributed by atoms with E-state index < -0.39 is 18.5 Å². The fourth-order valence-corrected chi connectivity index (χ4v) is 2.31. The van der Waals surface area contributed by atoms with Crippen molar-refractivity contribution in [3.8, 4) is 11.5 Å². The number of aliphatic carboxylic acids is 1. The lowest BCUT2D eigenvalue weighted by molar-refractivity contribution is -0.138. The first-order valence-corrected chi connectivity index (χ1v) is 5.84. The van der Waals surface area contributed by atoms with Crippen molar-refractivity contribution in [2.24, 2.45) is 0 Å². The third-order valence-corrected chi connectivity index (χ3v) is 3.16. The molecule has 7 heteroatoms. The van der Waals surface area contributed by atoms with Crippen LogP contribution in [0.3, 0.4) is 0 Å². The molecular weight excluding hydrogens is 251 g/mol. The van der Waals surface area contributed by atoms with Gasteiger partial charge in [-0.2, -0.15) is 0 Å². The second-order valence-corrected chi connectivity index (χ2v) is 5.09. The molecule has 0 fully saturated rings. The second-order valence-electron chi connectivity index (χ2n) is 5.09. The minimum atomic E-state index is -1.75. The molecule has 0 unspecified atom stereocenters. The Morgan fingerprint density at radius 2 is 2.05 bits per heavy atom. The summed E-state index contributed by atoms with van der Waals surface area (Å²) in [6.07, 6.45) is -0.133. The molecule has 0 radical (unpaired) electrons. The van der Waals surface area contributed by atoms with Gasteiger partial charge < -0.3 is 24.6 Å². The molecule has 0 spiro atoms. The molecule has 0 saturated carbocycles. The summed E-state index contributed by atoms with van der Waals surface area (Å²) in [7, 11) is -1.75. The zero-order valence-corrected chi connectivity index (χ0v) is 10.7. The van der Waals surface area contributed by atoms with Crippen molar-refractivity contribution in [2.45, 2.75) is 25.7 Å². The number of carboxylic acid groups (broad SMARTS) is 1. The molecule has 1 aliphatic heterocycles. The van der Waals surface area contributed by atoms with Crippen molar-refractivity contribution in [3.63, 3.8) is 0 Å². The Morgan fingerprint density at radius 3 is 2.63 bits per heavy atom. The maximum Gasteiger partial charge on any atom is 0.492 e. The Labute approximate surface area is 110 Å². The summed E-state index contributed by atoms with van der Waals surface area (Å²) in [5, 5.41) is 28.0. The Balaban J connectivity index is 2.54. The van der Waals surface area contributed by atoms with Crippen LogP contribution in [0.15, 0.2) is 12.1 Å². The van der Waals surface area contributed by atoms with Gasteiger partial charge in [0.15, 0.2) is 11.5 Å². The molecule has 1 heterocycles. The van der Waals surface area contributed by atoms with E-state index in [1.54, 1.807) is 26.0 Å². The van der Waals surface area contributed by atoms with Crippen molar-refractivity contribution in [2.75, 3.05) is 6.79 Å². The number of carboxylic acids is 1. The van der Waals surface area contributed by atoms with Crippen molar-refractivity contribution >= 4 is 18.6 Å². The minimum absolute atomic E-state index is 0.0118. The summed E-state index contributed by atoms with van der Waals surface area (Å²) in [6.45, 7) is 3.47. The van der Waals surface area contributed by atoms with Gasteiger partial charge in [0.1, 0.15) is 0 Å². The fourth-order valence-electron chi connectivity index (χ4n) is 2.31. The molecule has 0 amide bonds. The quantitative estimate of drug-likeness (QED) is 0.656. The van der Waals surface area contributed by atoms with Crippen molar-refractivity contribution in [1.29, 1.82) is 0 Å². The zero-order chi connectivity index (χ0) is 14.2. The summed E-state index contributed by atoms with van der Waals surface area (Å²) in [5.41, 5.74) is -0.0679. The standard InChI is InChI=1S/C12H15BO6/c1-12(2,5-9(14)15)7-3-4-8-11(19-6-18-8)10(7)13(16)17/h3-4,16-17H,5-6H2,1-2H3,(H,14,15). The van der Waals surface area contributed by atoms with E-state index in [1.807, 2.05) is 0 Å². The van der Waals surface area contributed by atoms with Crippen LogP contribution in [-0.4, -0.2) is 35.0 Å². The van der Waals surface area contributed by atoms with Crippen LogP contribution < -0.4 is 14.9 Å². The summed E-state index contributed by atoms with van der Waals surface area (Å²) in [4.78, 5) is 10.9. The smallest absolute Gasteiger partial charge is 0.481 e. The number of carbonyl (C=O) groups is 1. The van der Waals surface area contributed by atoms with Gasteiger partial charge in [0.25, 0.3) is 0 Å². The first kappa shape index (κ1) is 13.7. The van der Waals surface area contributed by atoms with E-state index in [4.69, 9.17) is 14.6 Å². The van der Waals surface area contributed by atoms with Gasteiger partial charge in [-0.3, -0.25) is 4.79 Å². The van der Waals surface area contributed by atoms with Gasteiger partial charge in [0.2, 0.25) is 6.79 Å². The maximum atomic E-state index is 10.9. The topological polar surface area (TPSA) is 96.2 Å². The highest BCUT2D eigenvalue weighted by molar-refractivity contribution is 6.60. The predicted octanol–water partition coefficient (Wildman–Crippen LogP) is -0.153. The SMILES string of the molecule is CC(C)(CC(=O)O)c1ccc2c(c1B(O)O)OCO2. The normalized spacial score (nSPS) is 13.5. The highest BCUT2D eigenvalue weighted by Crippen LogP contribution is 2.36. The summed E-state index contributed by atoms with van der Waals surface area (Å²) < 4.78 is 10.4. The second kappa shape index (κ2) is 4.75. The van der Waals surface area contributed by atoms with Crippen LogP contribution >= 0.6 is 0 Å². The third kappa shape index (κ3) is 2.52. The van der Waals surface area contributed by atoms with E-state index in [0.29, 0.717) is 11.3 Å². The molecule has 1 aliphatic rings. The monoisotopic (exact) mass is 266 g/mol. The predicted molar refractivity (Wildman–Crippen MR) is 67.7 cm³/mol. The first-order chi connectivity index (χ1) is 8.83. The number of fused-ring (bicyclic) bond motifs is 1. The number of benzene rings is 1. The molecule has 1 aromatic carbocycles. The van der Waals surface area contributed by atoms with E-state index >= 15 is 0 Å². The van der Waals surface area contributed by atoms with Gasteiger partial charge in [-0.1, -0.05) is 19.9 Å². The largest absolute Gasteiger partial charge is 0.492 e. The van der Waals surface area contributed by atoms with Crippen LogP contribution in [0.5, 0.6) is 11.5 Å². The lowest BCUT2D eigenvalue weighted by atomic mass is 9.68. The third-order valence-electron chi connectivity index (χ3n) is 3.16. The van der Waals surface area contributed by atoms with Crippen LogP contribution in [0, 0.1) is 0 Å². The Hall–Kier alpha value is -1.73. The van der Waals surface area contributed by atoms with Crippen molar-refractivity contribution in [3.05, 3.63) is 17.7 Å². The van der Waals surface area contributed by atoms with E-state index in [2.05, 4.69) is 0 Å². The molecule has 3 N–H and O–H groups in total. The molecule has 19 heavy (non-hydrogen) atoms. The number of rotatable bonds is 4. The minimum Gasteiger partial charge on any atom is -0.481 e. The van der Waals surface area contributed by atoms with E-state index in [1.165, 1.54) is 0 Å². The van der Waals surface area contributed by atoms with Gasteiger partial charge in [-0.25, -0.2) is 0 Å². The Bertz CT molecular complexity index is 511. The molecule has 0 saturated heterocycles. The molecule has 2 rings (SSSR count). The van der Waals surface area contributed by atoms with E-state index in [0.717, 1.165) is 0 Å². The average molecular weight is 266 g/mol. The summed E-state index contributed by atoms with van der Waals surface area (Å²) >= 11 is 0. The van der Waals surface area contributed by atoms with Crippen molar-refractivity contribution < 1.29 is 29.4 Å². The van der Waals surface area contributed by atoms with E-state index in [-0.39, 0.29) is 24.4 Å². The van der Waals surface area contributed by atoms with Crippen LogP contribution in [0.1, 0.15) is 25.8 Å². The van der Waals surface area contributed by atoms with Crippen LogP contribution in [0.4, 0.5) is 0 Å². The highest BCUT2D eigenvalue weighted by atomic mass is 16.7. The molecule has 102 valence electrons. The lowest BCUT2D eigenvalue weighted by Crippen LogP contribution is -2.39. The van der Waals surface area contributed by atoms with Gasteiger partial charge in [-0.15, -0.1) is 0 Å². The van der Waals surface area contributed by atoms with Gasteiger partial charge >= 0.3 is 13.1 Å². The maximum absolute atomic E-state index is 10.9. The Morgan fingerprint density at radius 1 is 1.37 bits per heavy atom. The molecule has 0 atom stereocenters. The molecule has 0 bridgehead atoms. The molecule has 0 aliphatic carbocycles. The highest BCUT2D eigenvalue weighted by Gasteiger charge is 2.35. The number of ether oxygens (including phenoxy) is 2. The molecule has 6 nitrogen and oxygen atoms in total. The van der Waals surface area contributed by atoms with Gasteiger partial charge in [0, 0.05) is 5.46 Å². The summed E-state index contributed by atoms with van der Waals surface area (Å²) in [5.74, 6) is -0.259. The Kier molecular flexibility index (Phi) is 3.43. The summed E-state index contributed by atoms with van der Waals surface area (Å²) in [6, 6.07) is 3.29.